The van der Waals surface area contributed by atoms with Crippen LogP contribution in [0.5, 0.6) is 0 Å². The van der Waals surface area contributed by atoms with Crippen molar-refractivity contribution < 1.29 is 18.0 Å². The number of likely N-dealkylation sites (N-methyl/N-ethyl adjacent to an activating group) is 1. The zero-order chi connectivity index (χ0) is 23.9. The van der Waals surface area contributed by atoms with E-state index in [0.29, 0.717) is 54.0 Å². The Bertz CT molecular complexity index is 1160. The quantitative estimate of drug-likeness (QED) is 0.669. The van der Waals surface area contributed by atoms with Crippen molar-refractivity contribution >= 4 is 38.2 Å². The molecule has 2 aliphatic heterocycles. The zero-order valence-electron chi connectivity index (χ0n) is 19.1. The topological polar surface area (TPSA) is 113 Å². The van der Waals surface area contributed by atoms with Crippen LogP contribution in [0.1, 0.15) is 51.4 Å². The first-order valence-electron chi connectivity index (χ1n) is 11.1. The van der Waals surface area contributed by atoms with Gasteiger partial charge < -0.3 is 16.0 Å². The molecule has 4 rings (SSSR count). The summed E-state index contributed by atoms with van der Waals surface area (Å²) in [6.07, 6.45) is 1.72. The lowest BCUT2D eigenvalue weighted by molar-refractivity contribution is 0.1000. The van der Waals surface area contributed by atoms with Gasteiger partial charge in [0.15, 0.2) is 0 Å². The molecule has 0 radical (unpaired) electrons. The molecule has 10 heteroatoms. The number of sulfonamides is 1. The van der Waals surface area contributed by atoms with Gasteiger partial charge in [-0.2, -0.15) is 4.31 Å². The van der Waals surface area contributed by atoms with Gasteiger partial charge in [0, 0.05) is 36.6 Å². The van der Waals surface area contributed by atoms with Gasteiger partial charge in [-0.1, -0.05) is 13.8 Å². The van der Waals surface area contributed by atoms with Crippen LogP contribution in [0.4, 0.5) is 5.00 Å². The van der Waals surface area contributed by atoms with E-state index in [1.54, 1.807) is 0 Å². The predicted octanol–water partition coefficient (Wildman–Crippen LogP) is 2.75. The van der Waals surface area contributed by atoms with Crippen molar-refractivity contribution in [1.82, 2.24) is 9.21 Å². The second-order valence-electron chi connectivity index (χ2n) is 9.31. The van der Waals surface area contributed by atoms with Crippen molar-refractivity contribution in [2.24, 2.45) is 17.6 Å². The van der Waals surface area contributed by atoms with Crippen LogP contribution in [0.2, 0.25) is 0 Å². The standard InChI is InChI=1S/C23H30N4O4S2/c1-14-10-15(2)12-27(11-14)33(30,31)17-6-4-16(5-7-17)22(29)25-23-20(21(24)28)18-8-9-26(3)13-19(18)32-23/h4-7,14-15H,8-13H2,1-3H3,(H2,24,28)(H,25,29)/t14-,15+. The summed E-state index contributed by atoms with van der Waals surface area (Å²) in [7, 11) is -1.61. The Morgan fingerprint density at radius 1 is 1.12 bits per heavy atom. The highest BCUT2D eigenvalue weighted by Crippen LogP contribution is 2.37. The van der Waals surface area contributed by atoms with Crippen molar-refractivity contribution in [3.63, 3.8) is 0 Å². The van der Waals surface area contributed by atoms with Gasteiger partial charge in [-0.15, -0.1) is 11.3 Å². The summed E-state index contributed by atoms with van der Waals surface area (Å²) >= 11 is 1.37. The molecule has 3 heterocycles. The second-order valence-corrected chi connectivity index (χ2v) is 12.3. The molecule has 0 aliphatic carbocycles. The van der Waals surface area contributed by atoms with E-state index in [2.05, 4.69) is 24.1 Å². The molecule has 33 heavy (non-hydrogen) atoms. The lowest BCUT2D eigenvalue weighted by Crippen LogP contribution is -2.42. The maximum Gasteiger partial charge on any atom is 0.256 e. The molecule has 1 aromatic heterocycles. The first-order valence-corrected chi connectivity index (χ1v) is 13.4. The fraction of sp³-hybridized carbons (Fsp3) is 0.478. The number of carbonyl (C=O) groups excluding carboxylic acids is 2. The SMILES string of the molecule is C[C@@H]1C[C@H](C)CN(S(=O)(=O)c2ccc(C(=O)Nc3sc4c(c3C(N)=O)CCN(C)C4)cc2)C1. The zero-order valence-corrected chi connectivity index (χ0v) is 20.8. The van der Waals surface area contributed by atoms with E-state index < -0.39 is 21.8 Å². The van der Waals surface area contributed by atoms with Crippen molar-refractivity contribution in [1.29, 1.82) is 0 Å². The van der Waals surface area contributed by atoms with Gasteiger partial charge in [-0.25, -0.2) is 8.42 Å². The summed E-state index contributed by atoms with van der Waals surface area (Å²) in [5.41, 5.74) is 7.22. The van der Waals surface area contributed by atoms with Crippen LogP contribution < -0.4 is 11.1 Å². The van der Waals surface area contributed by atoms with E-state index in [0.717, 1.165) is 23.4 Å². The number of thiophene rings is 1. The van der Waals surface area contributed by atoms with Crippen LogP contribution >= 0.6 is 11.3 Å². The highest BCUT2D eigenvalue weighted by atomic mass is 32.2. The summed E-state index contributed by atoms with van der Waals surface area (Å²) in [6, 6.07) is 5.95. The van der Waals surface area contributed by atoms with Crippen LogP contribution in [0.15, 0.2) is 29.2 Å². The predicted molar refractivity (Wildman–Crippen MR) is 129 cm³/mol. The number of rotatable bonds is 5. The number of nitrogens with one attached hydrogen (secondary N) is 1. The smallest absolute Gasteiger partial charge is 0.256 e. The third kappa shape index (κ3) is 4.84. The first kappa shape index (κ1) is 23.9. The van der Waals surface area contributed by atoms with E-state index in [-0.39, 0.29) is 4.90 Å². The molecule has 2 atom stereocenters. The van der Waals surface area contributed by atoms with Crippen LogP contribution in [0, 0.1) is 11.8 Å². The van der Waals surface area contributed by atoms with E-state index in [1.165, 1.54) is 39.9 Å². The molecule has 0 bridgehead atoms. The Kier molecular flexibility index (Phi) is 6.63. The highest BCUT2D eigenvalue weighted by Gasteiger charge is 2.32. The molecule has 0 spiro atoms. The van der Waals surface area contributed by atoms with Gasteiger partial charge >= 0.3 is 0 Å². The van der Waals surface area contributed by atoms with Gasteiger partial charge in [-0.3, -0.25) is 9.59 Å². The molecule has 1 aromatic carbocycles. The van der Waals surface area contributed by atoms with Crippen molar-refractivity contribution in [3.8, 4) is 0 Å². The fourth-order valence-corrected chi connectivity index (χ4v) is 7.79. The molecule has 1 saturated heterocycles. The van der Waals surface area contributed by atoms with Crippen LogP contribution in [0.25, 0.3) is 0 Å². The minimum atomic E-state index is -3.62. The Morgan fingerprint density at radius 2 is 1.76 bits per heavy atom. The number of hydrogen-bond donors (Lipinski definition) is 2. The van der Waals surface area contributed by atoms with E-state index in [9.17, 15) is 18.0 Å². The van der Waals surface area contributed by atoms with Gasteiger partial charge in [0.05, 0.1) is 10.5 Å². The number of anilines is 1. The van der Waals surface area contributed by atoms with Crippen molar-refractivity contribution in [2.75, 3.05) is 32.0 Å². The van der Waals surface area contributed by atoms with Crippen molar-refractivity contribution in [2.45, 2.75) is 38.1 Å². The average molecular weight is 491 g/mol. The van der Waals surface area contributed by atoms with E-state index in [1.807, 2.05) is 7.05 Å². The largest absolute Gasteiger partial charge is 0.365 e. The molecular weight excluding hydrogens is 460 g/mol. The number of nitrogens with zero attached hydrogens (tertiary/aromatic N) is 2. The number of hydrogen-bond acceptors (Lipinski definition) is 6. The first-order chi connectivity index (χ1) is 15.6. The minimum Gasteiger partial charge on any atom is -0.365 e. The lowest BCUT2D eigenvalue weighted by Gasteiger charge is -2.34. The Hall–Kier alpha value is -2.27. The number of fused-ring (bicyclic) bond motifs is 1. The molecule has 178 valence electrons. The summed E-state index contributed by atoms with van der Waals surface area (Å²) in [4.78, 5) is 28.3. The normalized spacial score (nSPS) is 22.0. The summed E-state index contributed by atoms with van der Waals surface area (Å²) in [5.74, 6) is -0.346. The summed E-state index contributed by atoms with van der Waals surface area (Å²) < 4.78 is 27.7. The lowest BCUT2D eigenvalue weighted by atomic mass is 9.94. The van der Waals surface area contributed by atoms with Gasteiger partial charge in [0.25, 0.3) is 11.8 Å². The molecule has 3 N–H and O–H groups in total. The number of benzene rings is 1. The summed E-state index contributed by atoms with van der Waals surface area (Å²) in [5, 5.41) is 3.26. The molecule has 0 saturated carbocycles. The van der Waals surface area contributed by atoms with Gasteiger partial charge in [-0.05, 0) is 61.6 Å². The number of amides is 2. The number of carbonyl (C=O) groups is 2. The molecule has 2 amide bonds. The monoisotopic (exact) mass is 490 g/mol. The molecular formula is C23H30N4O4S2. The van der Waals surface area contributed by atoms with Gasteiger partial charge in [0.1, 0.15) is 5.00 Å². The van der Waals surface area contributed by atoms with Crippen LogP contribution in [-0.2, 0) is 23.0 Å². The third-order valence-corrected chi connectivity index (χ3v) is 9.29. The van der Waals surface area contributed by atoms with Crippen LogP contribution in [0.3, 0.4) is 0 Å². The Labute approximate surface area is 198 Å². The van der Waals surface area contributed by atoms with E-state index >= 15 is 0 Å². The second kappa shape index (κ2) is 9.17. The van der Waals surface area contributed by atoms with Crippen LogP contribution in [-0.4, -0.2) is 56.1 Å². The molecule has 8 nitrogen and oxygen atoms in total. The fourth-order valence-electron chi connectivity index (χ4n) is 4.78. The minimum absolute atomic E-state index is 0.174. The highest BCUT2D eigenvalue weighted by molar-refractivity contribution is 7.89. The average Bonchev–Trinajstić information content (AvgIpc) is 3.10. The maximum atomic E-state index is 13.1. The Balaban J connectivity index is 1.53. The summed E-state index contributed by atoms with van der Waals surface area (Å²) in [6.45, 7) is 6.66. The number of piperidine rings is 1. The number of primary amides is 1. The molecule has 1 fully saturated rings. The molecule has 2 aliphatic rings. The number of nitrogens with two attached hydrogens (primary N) is 1. The third-order valence-electron chi connectivity index (χ3n) is 6.31. The molecule has 2 aromatic rings. The van der Waals surface area contributed by atoms with Crippen molar-refractivity contribution in [3.05, 3.63) is 45.8 Å². The molecule has 0 unspecified atom stereocenters. The Morgan fingerprint density at radius 3 is 2.36 bits per heavy atom. The van der Waals surface area contributed by atoms with E-state index in [4.69, 9.17) is 5.73 Å². The van der Waals surface area contributed by atoms with Gasteiger partial charge in [0.2, 0.25) is 10.0 Å². The maximum absolute atomic E-state index is 13.1.